The smallest absolute Gasteiger partial charge is 0.402 e. The minimum absolute atomic E-state index is 0.199. The normalized spacial score (nSPS) is 11.9. The van der Waals surface area contributed by atoms with Gasteiger partial charge in [-0.05, 0) is 73.7 Å². The Morgan fingerprint density at radius 2 is 1.19 bits per heavy atom. The molecular weight excluding hydrogens is 513 g/mol. The number of allylic oxidation sites excluding steroid dienone is 2. The molecule has 0 saturated carbocycles. The maximum atomic E-state index is 12.6. The molecule has 4 nitrogen and oxygen atoms in total. The predicted molar refractivity (Wildman–Crippen MR) is 152 cm³/mol. The van der Waals surface area contributed by atoms with E-state index in [0.29, 0.717) is 5.57 Å². The molecule has 0 bridgehead atoms. The van der Waals surface area contributed by atoms with Crippen LogP contribution < -0.4 is 15.9 Å². The van der Waals surface area contributed by atoms with E-state index in [2.05, 4.69) is 110 Å². The third-order valence-corrected chi connectivity index (χ3v) is 9.31. The standard InChI is InChI=1S/C22H23P.C7H12F2O4S/c1-22(2,3)18-14-16-21(17-15-18)23(19-10-6-4-7-11-19)20-12-8-5-9-13-20;1-5(2)6(3)13-4-7(8,9)14(10,11)12/h4-17H,1-3H3;4H2,1-3H3,(H,10,11,12)/p+1. The quantitative estimate of drug-likeness (QED) is 0.214. The van der Waals surface area contributed by atoms with E-state index >= 15 is 0 Å². The van der Waals surface area contributed by atoms with Crippen molar-refractivity contribution in [2.45, 2.75) is 52.2 Å². The third kappa shape index (κ3) is 9.03. The monoisotopic (exact) mass is 549 g/mol. The lowest BCUT2D eigenvalue weighted by molar-refractivity contribution is 0.00317. The fraction of sp³-hybridized carbons (Fsp3) is 0.310. The molecule has 3 aromatic rings. The van der Waals surface area contributed by atoms with Gasteiger partial charge < -0.3 is 4.74 Å². The van der Waals surface area contributed by atoms with Crippen molar-refractivity contribution < 1.29 is 26.5 Å². The highest BCUT2D eigenvalue weighted by molar-refractivity contribution is 7.86. The van der Waals surface area contributed by atoms with Crippen LogP contribution in [0.1, 0.15) is 47.1 Å². The van der Waals surface area contributed by atoms with Gasteiger partial charge in [0.2, 0.25) is 0 Å². The molecule has 0 aromatic heterocycles. The topological polar surface area (TPSA) is 63.6 Å². The molecule has 0 amide bonds. The van der Waals surface area contributed by atoms with Crippen LogP contribution in [-0.4, -0.2) is 24.8 Å². The molecule has 0 aliphatic carbocycles. The number of hydrogen-bond acceptors (Lipinski definition) is 3. The fourth-order valence-corrected chi connectivity index (χ4v) is 6.02. The van der Waals surface area contributed by atoms with Crippen molar-refractivity contribution >= 4 is 34.0 Å². The zero-order chi connectivity index (χ0) is 27.9. The number of benzene rings is 3. The van der Waals surface area contributed by atoms with E-state index < -0.39 is 29.9 Å². The Kier molecular flexibility index (Phi) is 10.6. The summed E-state index contributed by atoms with van der Waals surface area (Å²) in [6.45, 7) is 10.1. The van der Waals surface area contributed by atoms with Gasteiger partial charge in [-0.2, -0.15) is 17.2 Å². The van der Waals surface area contributed by atoms with Gasteiger partial charge in [0.1, 0.15) is 15.9 Å². The van der Waals surface area contributed by atoms with Gasteiger partial charge in [0.05, 0.1) is 13.7 Å². The van der Waals surface area contributed by atoms with Gasteiger partial charge in [0.25, 0.3) is 0 Å². The second-order valence-corrected chi connectivity index (χ2v) is 13.9. The van der Waals surface area contributed by atoms with Crippen molar-refractivity contribution in [2.24, 2.45) is 0 Å². The number of ether oxygens (including phenoxy) is 1. The summed E-state index contributed by atoms with van der Waals surface area (Å²) in [4.78, 5) is 0. The molecule has 37 heavy (non-hydrogen) atoms. The first-order chi connectivity index (χ1) is 17.1. The molecule has 0 aliphatic rings. The van der Waals surface area contributed by atoms with Crippen molar-refractivity contribution in [2.75, 3.05) is 6.61 Å². The number of hydrogen-bond donors (Lipinski definition) is 1. The van der Waals surface area contributed by atoms with Crippen molar-refractivity contribution in [3.63, 3.8) is 0 Å². The van der Waals surface area contributed by atoms with Gasteiger partial charge in [-0.1, -0.05) is 69.3 Å². The summed E-state index contributed by atoms with van der Waals surface area (Å²) in [6.07, 6.45) is 0. The summed E-state index contributed by atoms with van der Waals surface area (Å²) in [5.74, 6) is 0.202. The first-order valence-electron chi connectivity index (χ1n) is 11.8. The van der Waals surface area contributed by atoms with E-state index in [0.717, 1.165) is 0 Å². The minimum atomic E-state index is -5.40. The maximum Gasteiger partial charge on any atom is 0.402 e. The predicted octanol–water partition coefficient (Wildman–Crippen LogP) is 6.27. The average Bonchev–Trinajstić information content (AvgIpc) is 2.83. The number of rotatable bonds is 7. The van der Waals surface area contributed by atoms with Crippen LogP contribution in [-0.2, 0) is 20.3 Å². The largest absolute Gasteiger partial charge is 0.491 e. The van der Waals surface area contributed by atoms with Gasteiger partial charge in [-0.25, -0.2) is 0 Å². The van der Waals surface area contributed by atoms with Gasteiger partial charge in [0.15, 0.2) is 6.61 Å². The SMILES string of the molecule is CC(C)(C)c1ccc([PH+](c2ccccc2)c2ccccc2)cc1.CC(C)=C(C)OCC(F)(F)S(=O)(=O)O. The second-order valence-electron chi connectivity index (χ2n) is 9.89. The summed E-state index contributed by atoms with van der Waals surface area (Å²) in [5, 5.41) is 0.0452. The molecule has 0 radical (unpaired) electrons. The zero-order valence-corrected chi connectivity index (χ0v) is 23.9. The molecule has 0 atom stereocenters. The first-order valence-corrected chi connectivity index (χ1v) is 14.8. The lowest BCUT2D eigenvalue weighted by Gasteiger charge is -2.19. The second kappa shape index (κ2) is 12.8. The van der Waals surface area contributed by atoms with Crippen LogP contribution >= 0.6 is 7.92 Å². The Hall–Kier alpha value is -2.60. The summed E-state index contributed by atoms with van der Waals surface area (Å²) in [6, 6.07) is 31.1. The van der Waals surface area contributed by atoms with Crippen LogP contribution in [0, 0.1) is 0 Å². The molecule has 0 heterocycles. The summed E-state index contributed by atoms with van der Waals surface area (Å²) in [5.41, 5.74) is 2.24. The van der Waals surface area contributed by atoms with Crippen molar-refractivity contribution in [3.05, 3.63) is 102 Å². The molecule has 3 rings (SSSR count). The molecule has 8 heteroatoms. The molecule has 0 unspecified atom stereocenters. The highest BCUT2D eigenvalue weighted by atomic mass is 32.2. The Balaban J connectivity index is 0.000000298. The molecule has 0 fully saturated rings. The first kappa shape index (κ1) is 30.6. The highest BCUT2D eigenvalue weighted by Gasteiger charge is 2.45. The van der Waals surface area contributed by atoms with E-state index in [4.69, 9.17) is 4.55 Å². The number of halogens is 2. The van der Waals surface area contributed by atoms with Crippen LogP contribution in [0.5, 0.6) is 0 Å². The Morgan fingerprint density at radius 3 is 1.54 bits per heavy atom. The van der Waals surface area contributed by atoms with E-state index in [1.165, 1.54) is 28.4 Å². The van der Waals surface area contributed by atoms with Crippen LogP contribution in [0.25, 0.3) is 0 Å². The van der Waals surface area contributed by atoms with E-state index in [-0.39, 0.29) is 11.2 Å². The Bertz CT molecular complexity index is 1230. The molecular formula is C29H36F2O4PS+. The fourth-order valence-electron chi connectivity index (χ4n) is 3.26. The van der Waals surface area contributed by atoms with Gasteiger partial charge in [0, 0.05) is 0 Å². The van der Waals surface area contributed by atoms with Crippen LogP contribution in [0.3, 0.4) is 0 Å². The van der Waals surface area contributed by atoms with Crippen molar-refractivity contribution in [3.8, 4) is 0 Å². The van der Waals surface area contributed by atoms with Crippen molar-refractivity contribution in [1.82, 2.24) is 0 Å². The summed E-state index contributed by atoms with van der Waals surface area (Å²) >= 11 is 0. The van der Waals surface area contributed by atoms with Crippen LogP contribution in [0.2, 0.25) is 0 Å². The Morgan fingerprint density at radius 1 is 0.784 bits per heavy atom. The summed E-state index contributed by atoms with van der Waals surface area (Å²) < 4.78 is 58.0. The van der Waals surface area contributed by atoms with Crippen molar-refractivity contribution in [1.29, 1.82) is 0 Å². The van der Waals surface area contributed by atoms with Gasteiger partial charge in [-0.15, -0.1) is 0 Å². The lowest BCUT2D eigenvalue weighted by atomic mass is 9.87. The lowest BCUT2D eigenvalue weighted by Crippen LogP contribution is -2.33. The zero-order valence-electron chi connectivity index (χ0n) is 22.1. The van der Waals surface area contributed by atoms with Gasteiger partial charge >= 0.3 is 15.4 Å². The number of alkyl halides is 2. The summed E-state index contributed by atoms with van der Waals surface area (Å²) in [7, 11) is -6.34. The highest BCUT2D eigenvalue weighted by Crippen LogP contribution is 2.33. The van der Waals surface area contributed by atoms with E-state index in [9.17, 15) is 17.2 Å². The van der Waals surface area contributed by atoms with Gasteiger partial charge in [-0.3, -0.25) is 4.55 Å². The van der Waals surface area contributed by atoms with Crippen LogP contribution in [0.4, 0.5) is 8.78 Å². The molecule has 0 aliphatic heterocycles. The molecule has 200 valence electrons. The molecule has 1 N–H and O–H groups in total. The maximum absolute atomic E-state index is 12.6. The molecule has 0 saturated heterocycles. The van der Waals surface area contributed by atoms with Crippen LogP contribution in [0.15, 0.2) is 96.3 Å². The molecule has 0 spiro atoms. The average molecular weight is 550 g/mol. The third-order valence-electron chi connectivity index (χ3n) is 5.70. The minimum Gasteiger partial charge on any atom is -0.491 e. The van der Waals surface area contributed by atoms with E-state index in [1.54, 1.807) is 13.8 Å². The Labute approximate surface area is 220 Å². The molecule has 3 aromatic carbocycles. The van der Waals surface area contributed by atoms with E-state index in [1.807, 2.05) is 0 Å².